The predicted molar refractivity (Wildman–Crippen MR) is 170 cm³/mol. The summed E-state index contributed by atoms with van der Waals surface area (Å²) in [4.78, 5) is 33.0. The zero-order valence-electron chi connectivity index (χ0n) is 26.0. The highest BCUT2D eigenvalue weighted by Gasteiger charge is 2.61. The van der Waals surface area contributed by atoms with E-state index in [2.05, 4.69) is 37.2 Å². The molecule has 2 saturated heterocycles. The van der Waals surface area contributed by atoms with Gasteiger partial charge in [-0.2, -0.15) is 0 Å². The van der Waals surface area contributed by atoms with Gasteiger partial charge in [0.1, 0.15) is 12.2 Å². The topological polar surface area (TPSA) is 121 Å². The molecule has 2 aliphatic carbocycles. The van der Waals surface area contributed by atoms with Gasteiger partial charge in [0, 0.05) is 42.6 Å². The first-order valence-electron chi connectivity index (χ1n) is 16.1. The highest BCUT2D eigenvalue weighted by atomic mass is 16.6. The molecule has 0 aromatic rings. The van der Waals surface area contributed by atoms with E-state index >= 15 is 0 Å². The second kappa shape index (κ2) is 15.2. The molecule has 0 spiro atoms. The Kier molecular flexibility index (Phi) is 11.7. The second-order valence-electron chi connectivity index (χ2n) is 13.0. The standard InChI is InChI=1S/C35H50N2O6/c1-23-10-8-11-26(13-15-28(20-30(23)38)24(2)33(39)40)21-36-18-6-5-7-19-37-22-27-12-9-17-35(4)32(43-35)31-29(16-14-27)25(3)34(41)42-31/h11-12,21-23,28-32,38H,2-3,5-10,13-20H2,1,4H3,(H,39,40)/b26-11+,27-12+,36-21?,37-22?/t23?,28?,29?,30?,31-,32?,35+/m0/s1. The van der Waals surface area contributed by atoms with E-state index in [1.54, 1.807) is 0 Å². The number of fused-ring (bicyclic) bond motifs is 3. The zero-order chi connectivity index (χ0) is 31.0. The third-order valence-corrected chi connectivity index (χ3v) is 9.73. The summed E-state index contributed by atoms with van der Waals surface area (Å²) in [6.07, 6.45) is 17.7. The Hall–Kier alpha value is -2.84. The van der Waals surface area contributed by atoms with E-state index in [1.807, 2.05) is 19.4 Å². The predicted octanol–water partition coefficient (Wildman–Crippen LogP) is 6.20. The molecule has 5 unspecified atom stereocenters. The van der Waals surface area contributed by atoms with Crippen molar-refractivity contribution in [2.24, 2.45) is 27.7 Å². The lowest BCUT2D eigenvalue weighted by Gasteiger charge is -2.25. The number of hydrogen-bond acceptors (Lipinski definition) is 7. The van der Waals surface area contributed by atoms with Crippen LogP contribution in [-0.4, -0.2) is 71.6 Å². The van der Waals surface area contributed by atoms with E-state index in [0.29, 0.717) is 18.4 Å². The van der Waals surface area contributed by atoms with Crippen LogP contribution in [0.3, 0.4) is 0 Å². The molecule has 0 saturated carbocycles. The normalized spacial score (nSPS) is 36.2. The van der Waals surface area contributed by atoms with Crippen molar-refractivity contribution in [2.45, 2.75) is 115 Å². The van der Waals surface area contributed by atoms with E-state index in [4.69, 9.17) is 14.5 Å². The van der Waals surface area contributed by atoms with Crippen molar-refractivity contribution >= 4 is 24.4 Å². The fourth-order valence-corrected chi connectivity index (χ4v) is 6.56. The lowest BCUT2D eigenvalue weighted by atomic mass is 9.83. The van der Waals surface area contributed by atoms with Crippen molar-refractivity contribution < 1.29 is 29.3 Å². The van der Waals surface area contributed by atoms with Crippen LogP contribution in [0.15, 0.2) is 57.6 Å². The largest absolute Gasteiger partial charge is 0.478 e. The van der Waals surface area contributed by atoms with Gasteiger partial charge in [-0.3, -0.25) is 9.98 Å². The number of aliphatic imine (C=N–C) groups is 2. The maximum Gasteiger partial charge on any atom is 0.334 e. The van der Waals surface area contributed by atoms with Gasteiger partial charge in [0.25, 0.3) is 0 Å². The Morgan fingerprint density at radius 2 is 1.72 bits per heavy atom. The molecular formula is C35H50N2O6. The molecule has 0 aromatic carbocycles. The maximum atomic E-state index is 12.2. The van der Waals surface area contributed by atoms with E-state index < -0.39 is 12.1 Å². The summed E-state index contributed by atoms with van der Waals surface area (Å²) in [6, 6.07) is 0. The minimum atomic E-state index is -0.986. The van der Waals surface area contributed by atoms with Gasteiger partial charge in [-0.05, 0) is 107 Å². The molecule has 8 heteroatoms. The fourth-order valence-electron chi connectivity index (χ4n) is 6.56. The van der Waals surface area contributed by atoms with Gasteiger partial charge in [0.15, 0.2) is 0 Å². The minimum absolute atomic E-state index is 0.00371. The molecule has 0 amide bonds. The van der Waals surface area contributed by atoms with Crippen molar-refractivity contribution in [2.75, 3.05) is 13.1 Å². The van der Waals surface area contributed by atoms with Gasteiger partial charge in [0.2, 0.25) is 0 Å². The molecule has 0 bridgehead atoms. The van der Waals surface area contributed by atoms with E-state index in [9.17, 15) is 19.8 Å². The van der Waals surface area contributed by atoms with E-state index in [1.165, 1.54) is 5.57 Å². The number of nitrogens with zero attached hydrogens (tertiary/aromatic N) is 2. The number of carbonyl (C=O) groups excluding carboxylic acids is 1. The summed E-state index contributed by atoms with van der Waals surface area (Å²) in [5.41, 5.74) is 2.87. The van der Waals surface area contributed by atoms with Gasteiger partial charge < -0.3 is 19.7 Å². The summed E-state index contributed by atoms with van der Waals surface area (Å²) < 4.78 is 11.6. The minimum Gasteiger partial charge on any atom is -0.478 e. The molecule has 8 nitrogen and oxygen atoms in total. The van der Waals surface area contributed by atoms with Crippen LogP contribution in [0.5, 0.6) is 0 Å². The molecule has 7 atom stereocenters. The Morgan fingerprint density at radius 1 is 1.07 bits per heavy atom. The third-order valence-electron chi connectivity index (χ3n) is 9.73. The van der Waals surface area contributed by atoms with Gasteiger partial charge in [-0.25, -0.2) is 9.59 Å². The number of carboxylic acid groups (broad SMARTS) is 1. The Balaban J connectivity index is 1.18. The molecule has 2 heterocycles. The van der Waals surface area contributed by atoms with Crippen molar-refractivity contribution in [3.8, 4) is 0 Å². The number of allylic oxidation sites excluding steroid dienone is 4. The number of aliphatic carboxylic acids is 1. The number of hydrogen-bond donors (Lipinski definition) is 2. The average Bonchev–Trinajstić information content (AvgIpc) is 3.56. The number of aliphatic hydroxyl groups is 1. The molecule has 4 aliphatic rings. The molecular weight excluding hydrogens is 544 g/mol. The van der Waals surface area contributed by atoms with Crippen LogP contribution in [0, 0.1) is 17.8 Å². The molecule has 2 fully saturated rings. The van der Waals surface area contributed by atoms with Gasteiger partial charge >= 0.3 is 11.9 Å². The van der Waals surface area contributed by atoms with Gasteiger partial charge in [-0.15, -0.1) is 0 Å². The smallest absolute Gasteiger partial charge is 0.334 e. The fraction of sp³-hybridized carbons (Fsp3) is 0.657. The maximum absolute atomic E-state index is 12.2. The monoisotopic (exact) mass is 594 g/mol. The summed E-state index contributed by atoms with van der Waals surface area (Å²) >= 11 is 0. The number of unbranched alkanes of at least 4 members (excludes halogenated alkanes) is 2. The van der Waals surface area contributed by atoms with Crippen molar-refractivity contribution in [3.63, 3.8) is 0 Å². The van der Waals surface area contributed by atoms with Crippen LogP contribution < -0.4 is 0 Å². The van der Waals surface area contributed by atoms with E-state index in [-0.39, 0.29) is 47.1 Å². The molecule has 4 rings (SSSR count). The quantitative estimate of drug-likeness (QED) is 0.102. The second-order valence-corrected chi connectivity index (χ2v) is 13.0. The van der Waals surface area contributed by atoms with Crippen LogP contribution in [0.1, 0.15) is 90.9 Å². The average molecular weight is 595 g/mol. The summed E-state index contributed by atoms with van der Waals surface area (Å²) in [7, 11) is 0. The third kappa shape index (κ3) is 9.08. The number of ether oxygens (including phenoxy) is 2. The highest BCUT2D eigenvalue weighted by molar-refractivity contribution is 5.91. The Bertz CT molecular complexity index is 1170. The number of aliphatic hydroxyl groups excluding tert-OH is 1. The first-order chi connectivity index (χ1) is 20.6. The lowest BCUT2D eigenvalue weighted by Crippen LogP contribution is -2.28. The molecule has 43 heavy (non-hydrogen) atoms. The molecule has 2 N–H and O–H groups in total. The van der Waals surface area contributed by atoms with Crippen LogP contribution in [0.2, 0.25) is 0 Å². The van der Waals surface area contributed by atoms with Crippen molar-refractivity contribution in [1.82, 2.24) is 0 Å². The Morgan fingerprint density at radius 3 is 2.40 bits per heavy atom. The Labute approximate surface area is 256 Å². The summed E-state index contributed by atoms with van der Waals surface area (Å²) in [5, 5.41) is 19.9. The van der Waals surface area contributed by atoms with Crippen molar-refractivity contribution in [3.05, 3.63) is 47.6 Å². The van der Waals surface area contributed by atoms with Gasteiger partial charge in [0.05, 0.1) is 11.7 Å². The summed E-state index contributed by atoms with van der Waals surface area (Å²) in [6.45, 7) is 13.4. The molecule has 0 radical (unpaired) electrons. The van der Waals surface area contributed by atoms with Crippen LogP contribution >= 0.6 is 0 Å². The SMILES string of the molecule is C=C(C(=O)O)C1CC/C(C=NCCCCCN=C/C2=C/CC[C@@]3(C)OC3[C@H]3OC(=O)C(=C)C3CC2)=C\CCC(C)C(O)C1. The van der Waals surface area contributed by atoms with Crippen molar-refractivity contribution in [1.29, 1.82) is 0 Å². The van der Waals surface area contributed by atoms with Crippen LogP contribution in [-0.2, 0) is 19.1 Å². The van der Waals surface area contributed by atoms with Crippen LogP contribution in [0.4, 0.5) is 0 Å². The van der Waals surface area contributed by atoms with Gasteiger partial charge in [-0.1, -0.05) is 32.2 Å². The summed E-state index contributed by atoms with van der Waals surface area (Å²) in [5.74, 6) is -1.39. The molecule has 0 aromatic heterocycles. The molecule has 2 aliphatic heterocycles. The lowest BCUT2D eigenvalue weighted by molar-refractivity contribution is -0.140. The number of rotatable bonds is 10. The number of carboxylic acids is 1. The first kappa shape index (κ1) is 33.1. The molecule has 236 valence electrons. The number of esters is 1. The van der Waals surface area contributed by atoms with E-state index in [0.717, 1.165) is 82.9 Å². The van der Waals surface area contributed by atoms with Crippen LogP contribution in [0.25, 0.3) is 0 Å². The number of carbonyl (C=O) groups is 2. The highest BCUT2D eigenvalue weighted by Crippen LogP contribution is 2.49. The number of epoxide rings is 1. The first-order valence-corrected chi connectivity index (χ1v) is 16.1. The zero-order valence-corrected chi connectivity index (χ0v) is 26.0.